The zero-order valence-electron chi connectivity index (χ0n) is 13.3. The Morgan fingerprint density at radius 2 is 1.62 bits per heavy atom. The lowest BCUT2D eigenvalue weighted by molar-refractivity contribution is -0.133. The summed E-state index contributed by atoms with van der Waals surface area (Å²) in [5.74, 6) is -1.03. The molecule has 0 spiro atoms. The highest BCUT2D eigenvalue weighted by Gasteiger charge is 2.36. The number of carboxylic acids is 1. The van der Waals surface area contributed by atoms with E-state index in [4.69, 9.17) is 5.11 Å². The molecule has 6 heteroatoms. The first kappa shape index (κ1) is 17.9. The minimum absolute atomic E-state index is 0.156. The third-order valence-corrected chi connectivity index (χ3v) is 4.84. The number of benzene rings is 2. The summed E-state index contributed by atoms with van der Waals surface area (Å²) in [6, 6.07) is 16.1. The molecule has 0 fully saturated rings. The summed E-state index contributed by atoms with van der Waals surface area (Å²) in [6.07, 6.45) is -1.17. The highest BCUT2D eigenvalue weighted by atomic mass is 32.1. The van der Waals surface area contributed by atoms with Gasteiger partial charge in [0.2, 0.25) is 0 Å². The van der Waals surface area contributed by atoms with Crippen LogP contribution < -0.4 is 0 Å². The molecule has 26 heavy (non-hydrogen) atoms. The fourth-order valence-corrected chi connectivity index (χ4v) is 3.40. The number of hydrogen-bond acceptors (Lipinski definition) is 2. The van der Waals surface area contributed by atoms with E-state index < -0.39 is 17.0 Å². The van der Waals surface area contributed by atoms with E-state index in [-0.39, 0.29) is 11.1 Å². The predicted molar refractivity (Wildman–Crippen MR) is 97.1 cm³/mol. The van der Waals surface area contributed by atoms with Gasteiger partial charge in [-0.2, -0.15) is 13.2 Å². The highest BCUT2D eigenvalue weighted by Crippen LogP contribution is 2.43. The zero-order chi connectivity index (χ0) is 18.7. The molecule has 0 bridgehead atoms. The molecule has 2 aromatic carbocycles. The van der Waals surface area contributed by atoms with E-state index in [1.165, 1.54) is 18.2 Å². The molecule has 1 heterocycles. The molecule has 2 nitrogen and oxygen atoms in total. The van der Waals surface area contributed by atoms with Crippen LogP contribution in [0, 0.1) is 0 Å². The standard InChI is InChI=1S/C20H13F3O2S/c21-20(22,23)18-17(14-4-2-1-3-5-14)12-16(26-18)11-8-13-6-9-15(10-7-13)19(24)25/h1-12H,(H,24,25)/b11-8+. The van der Waals surface area contributed by atoms with Crippen molar-refractivity contribution in [2.24, 2.45) is 0 Å². The van der Waals surface area contributed by atoms with Crippen LogP contribution in [0.3, 0.4) is 0 Å². The summed E-state index contributed by atoms with van der Waals surface area (Å²) < 4.78 is 40.1. The van der Waals surface area contributed by atoms with E-state index in [2.05, 4.69) is 0 Å². The molecule has 0 atom stereocenters. The summed E-state index contributed by atoms with van der Waals surface area (Å²) >= 11 is 0.683. The minimum Gasteiger partial charge on any atom is -0.478 e. The second-order valence-electron chi connectivity index (χ2n) is 5.52. The SMILES string of the molecule is O=C(O)c1ccc(/C=C/c2cc(-c3ccccc3)c(C(F)(F)F)s2)cc1. The van der Waals surface area contributed by atoms with Crippen LogP contribution in [0.5, 0.6) is 0 Å². The van der Waals surface area contributed by atoms with Crippen molar-refractivity contribution < 1.29 is 23.1 Å². The average molecular weight is 374 g/mol. The Bertz CT molecular complexity index is 939. The minimum atomic E-state index is -4.43. The molecule has 1 N–H and O–H groups in total. The van der Waals surface area contributed by atoms with Gasteiger partial charge in [-0.15, -0.1) is 11.3 Å². The van der Waals surface area contributed by atoms with Crippen LogP contribution in [0.25, 0.3) is 23.3 Å². The van der Waals surface area contributed by atoms with Crippen LogP contribution in [0.1, 0.15) is 25.7 Å². The van der Waals surface area contributed by atoms with Crippen LogP contribution in [-0.4, -0.2) is 11.1 Å². The first-order valence-corrected chi connectivity index (χ1v) is 8.44. The number of hydrogen-bond donors (Lipinski definition) is 1. The van der Waals surface area contributed by atoms with Crippen molar-refractivity contribution in [1.82, 2.24) is 0 Å². The lowest BCUT2D eigenvalue weighted by Crippen LogP contribution is -2.03. The van der Waals surface area contributed by atoms with Gasteiger partial charge in [-0.25, -0.2) is 4.79 Å². The Morgan fingerprint density at radius 3 is 2.19 bits per heavy atom. The van der Waals surface area contributed by atoms with Crippen molar-refractivity contribution in [3.63, 3.8) is 0 Å². The van der Waals surface area contributed by atoms with E-state index in [1.54, 1.807) is 54.6 Å². The van der Waals surface area contributed by atoms with Crippen LogP contribution in [0.15, 0.2) is 60.7 Å². The number of carbonyl (C=O) groups is 1. The molecule has 3 aromatic rings. The molecule has 0 amide bonds. The Balaban J connectivity index is 1.93. The largest absolute Gasteiger partial charge is 0.478 e. The highest BCUT2D eigenvalue weighted by molar-refractivity contribution is 7.13. The van der Waals surface area contributed by atoms with Gasteiger partial charge in [-0.05, 0) is 35.4 Å². The molecular formula is C20H13F3O2S. The zero-order valence-corrected chi connectivity index (χ0v) is 14.1. The molecule has 0 aliphatic rings. The quantitative estimate of drug-likeness (QED) is 0.582. The number of alkyl halides is 3. The third-order valence-electron chi connectivity index (χ3n) is 3.69. The fourth-order valence-electron chi connectivity index (χ4n) is 2.45. The smallest absolute Gasteiger partial charge is 0.426 e. The van der Waals surface area contributed by atoms with Crippen LogP contribution in [0.4, 0.5) is 13.2 Å². The monoisotopic (exact) mass is 374 g/mol. The Hall–Kier alpha value is -2.86. The molecular weight excluding hydrogens is 361 g/mol. The summed E-state index contributed by atoms with van der Waals surface area (Å²) in [4.78, 5) is 10.7. The number of halogens is 3. The third kappa shape index (κ3) is 4.03. The summed E-state index contributed by atoms with van der Waals surface area (Å²) in [6.45, 7) is 0. The Kier molecular flexibility index (Phi) is 4.95. The van der Waals surface area contributed by atoms with Crippen molar-refractivity contribution >= 4 is 29.5 Å². The van der Waals surface area contributed by atoms with E-state index in [0.717, 1.165) is 0 Å². The van der Waals surface area contributed by atoms with Crippen LogP contribution >= 0.6 is 11.3 Å². The van der Waals surface area contributed by atoms with E-state index in [9.17, 15) is 18.0 Å². The van der Waals surface area contributed by atoms with Crippen molar-refractivity contribution in [2.75, 3.05) is 0 Å². The number of carboxylic acid groups (broad SMARTS) is 1. The summed E-state index contributed by atoms with van der Waals surface area (Å²) in [5, 5.41) is 8.88. The molecule has 0 aliphatic carbocycles. The van der Waals surface area contributed by atoms with Gasteiger partial charge in [0.25, 0.3) is 0 Å². The Labute approximate surface area is 151 Å². The molecule has 0 saturated heterocycles. The van der Waals surface area contributed by atoms with Gasteiger partial charge in [0.15, 0.2) is 0 Å². The summed E-state index contributed by atoms with van der Waals surface area (Å²) in [5.41, 5.74) is 1.53. The lowest BCUT2D eigenvalue weighted by atomic mass is 10.1. The van der Waals surface area contributed by atoms with Gasteiger partial charge in [0, 0.05) is 10.4 Å². The molecule has 132 valence electrons. The van der Waals surface area contributed by atoms with Crippen LogP contribution in [-0.2, 0) is 6.18 Å². The van der Waals surface area contributed by atoms with Crippen molar-refractivity contribution in [1.29, 1.82) is 0 Å². The maximum absolute atomic E-state index is 13.4. The first-order valence-electron chi connectivity index (χ1n) is 7.62. The van der Waals surface area contributed by atoms with Gasteiger partial charge in [-0.1, -0.05) is 48.5 Å². The molecule has 0 saturated carbocycles. The number of aromatic carboxylic acids is 1. The second-order valence-corrected chi connectivity index (χ2v) is 6.60. The van der Waals surface area contributed by atoms with Gasteiger partial charge >= 0.3 is 12.1 Å². The van der Waals surface area contributed by atoms with Gasteiger partial charge in [-0.3, -0.25) is 0 Å². The molecule has 0 aliphatic heterocycles. The maximum atomic E-state index is 13.4. The summed E-state index contributed by atoms with van der Waals surface area (Å²) in [7, 11) is 0. The van der Waals surface area contributed by atoms with E-state index in [1.807, 2.05) is 0 Å². The van der Waals surface area contributed by atoms with E-state index >= 15 is 0 Å². The topological polar surface area (TPSA) is 37.3 Å². The molecule has 0 unspecified atom stereocenters. The van der Waals surface area contributed by atoms with E-state index in [0.29, 0.717) is 27.3 Å². The number of rotatable bonds is 4. The van der Waals surface area contributed by atoms with Gasteiger partial charge < -0.3 is 5.11 Å². The molecule has 0 radical (unpaired) electrons. The fraction of sp³-hybridized carbons (Fsp3) is 0.0500. The van der Waals surface area contributed by atoms with Gasteiger partial charge in [0.1, 0.15) is 4.88 Å². The van der Waals surface area contributed by atoms with Crippen LogP contribution in [0.2, 0.25) is 0 Å². The predicted octanol–water partition coefficient (Wildman–Crippen LogP) is 6.30. The van der Waals surface area contributed by atoms with Gasteiger partial charge in [0.05, 0.1) is 5.56 Å². The Morgan fingerprint density at radius 1 is 0.962 bits per heavy atom. The lowest BCUT2D eigenvalue weighted by Gasteiger charge is -2.07. The van der Waals surface area contributed by atoms with Crippen molar-refractivity contribution in [3.8, 4) is 11.1 Å². The maximum Gasteiger partial charge on any atom is 0.426 e. The molecule has 1 aromatic heterocycles. The average Bonchev–Trinajstić information content (AvgIpc) is 3.06. The van der Waals surface area contributed by atoms with Crippen molar-refractivity contribution in [3.05, 3.63) is 81.5 Å². The number of thiophene rings is 1. The first-order chi connectivity index (χ1) is 12.3. The van der Waals surface area contributed by atoms with Crippen molar-refractivity contribution in [2.45, 2.75) is 6.18 Å². The molecule has 3 rings (SSSR count). The second kappa shape index (κ2) is 7.17. The normalized spacial score (nSPS) is 11.8.